The summed E-state index contributed by atoms with van der Waals surface area (Å²) in [7, 11) is 0. The van der Waals surface area contributed by atoms with Crippen molar-refractivity contribution in [3.63, 3.8) is 0 Å². The van der Waals surface area contributed by atoms with Crippen LogP contribution >= 0.6 is 0 Å². The summed E-state index contributed by atoms with van der Waals surface area (Å²) in [6, 6.07) is 7.30. The molecule has 1 atom stereocenters. The van der Waals surface area contributed by atoms with Crippen LogP contribution in [-0.4, -0.2) is 65.7 Å². The van der Waals surface area contributed by atoms with E-state index in [4.69, 9.17) is 14.0 Å². The first-order valence-corrected chi connectivity index (χ1v) is 8.94. The molecule has 1 aromatic heterocycles. The van der Waals surface area contributed by atoms with Gasteiger partial charge in [0.25, 0.3) is 11.8 Å². The van der Waals surface area contributed by atoms with Crippen LogP contribution in [0.1, 0.15) is 21.8 Å². The molecule has 1 unspecified atom stereocenters. The standard InChI is InChI=1S/C19H21N3O5/c1-12-17(13(2)27-20-12)19(24)22-9-7-21(8-10-22)18(23)16-11-25-14-5-3-4-6-15(14)26-16/h3-6,16H,7-11H2,1-2H3. The van der Waals surface area contributed by atoms with Crippen LogP contribution in [0.4, 0.5) is 0 Å². The Kier molecular flexibility index (Phi) is 4.47. The lowest BCUT2D eigenvalue weighted by Gasteiger charge is -2.37. The lowest BCUT2D eigenvalue weighted by Crippen LogP contribution is -2.55. The number of aryl methyl sites for hydroxylation is 2. The fourth-order valence-electron chi connectivity index (χ4n) is 3.42. The first kappa shape index (κ1) is 17.4. The van der Waals surface area contributed by atoms with Gasteiger partial charge in [0.1, 0.15) is 17.9 Å². The lowest BCUT2D eigenvalue weighted by molar-refractivity contribution is -0.142. The molecule has 1 saturated heterocycles. The second-order valence-corrected chi connectivity index (χ2v) is 6.68. The molecule has 0 bridgehead atoms. The molecule has 2 aliphatic heterocycles. The quantitative estimate of drug-likeness (QED) is 0.794. The molecule has 0 aliphatic carbocycles. The minimum atomic E-state index is -0.662. The highest BCUT2D eigenvalue weighted by Gasteiger charge is 2.34. The Morgan fingerprint density at radius 1 is 1.04 bits per heavy atom. The van der Waals surface area contributed by atoms with E-state index in [0.29, 0.717) is 54.7 Å². The predicted octanol–water partition coefficient (Wildman–Crippen LogP) is 1.42. The maximum atomic E-state index is 12.8. The predicted molar refractivity (Wildman–Crippen MR) is 94.8 cm³/mol. The number of aromatic nitrogens is 1. The first-order valence-electron chi connectivity index (χ1n) is 8.94. The summed E-state index contributed by atoms with van der Waals surface area (Å²) in [5.74, 6) is 1.52. The minimum Gasteiger partial charge on any atom is -0.485 e. The molecule has 8 heteroatoms. The number of ether oxygens (including phenoxy) is 2. The smallest absolute Gasteiger partial charge is 0.267 e. The highest BCUT2D eigenvalue weighted by molar-refractivity contribution is 5.96. The Labute approximate surface area is 156 Å². The van der Waals surface area contributed by atoms with Crippen molar-refractivity contribution in [1.29, 1.82) is 0 Å². The Bertz CT molecular complexity index is 850. The van der Waals surface area contributed by atoms with E-state index < -0.39 is 6.10 Å². The molecule has 142 valence electrons. The third-order valence-corrected chi connectivity index (χ3v) is 4.91. The Balaban J connectivity index is 1.37. The second kappa shape index (κ2) is 6.94. The molecule has 2 aromatic rings. The molecule has 27 heavy (non-hydrogen) atoms. The van der Waals surface area contributed by atoms with Crippen molar-refractivity contribution in [2.24, 2.45) is 0 Å². The van der Waals surface area contributed by atoms with Gasteiger partial charge in [-0.3, -0.25) is 9.59 Å². The van der Waals surface area contributed by atoms with Crippen molar-refractivity contribution < 1.29 is 23.6 Å². The molecule has 1 aromatic carbocycles. The van der Waals surface area contributed by atoms with Gasteiger partial charge in [0.05, 0.1) is 5.69 Å². The average Bonchev–Trinajstić information content (AvgIpc) is 3.04. The van der Waals surface area contributed by atoms with Crippen molar-refractivity contribution in [3.8, 4) is 11.5 Å². The summed E-state index contributed by atoms with van der Waals surface area (Å²) in [4.78, 5) is 28.9. The topological polar surface area (TPSA) is 85.1 Å². The van der Waals surface area contributed by atoms with Crippen molar-refractivity contribution in [3.05, 3.63) is 41.3 Å². The molecule has 0 spiro atoms. The highest BCUT2D eigenvalue weighted by Crippen LogP contribution is 2.31. The third-order valence-electron chi connectivity index (χ3n) is 4.91. The van der Waals surface area contributed by atoms with Gasteiger partial charge in [-0.05, 0) is 26.0 Å². The zero-order chi connectivity index (χ0) is 19.0. The van der Waals surface area contributed by atoms with Crippen LogP contribution in [0.15, 0.2) is 28.8 Å². The van der Waals surface area contributed by atoms with Gasteiger partial charge in [-0.2, -0.15) is 0 Å². The number of nitrogens with zero attached hydrogens (tertiary/aromatic N) is 3. The van der Waals surface area contributed by atoms with E-state index in [1.807, 2.05) is 18.2 Å². The first-order chi connectivity index (χ1) is 13.0. The van der Waals surface area contributed by atoms with Gasteiger partial charge in [-0.15, -0.1) is 0 Å². The van der Waals surface area contributed by atoms with Gasteiger partial charge < -0.3 is 23.8 Å². The number of amides is 2. The third kappa shape index (κ3) is 3.22. The molecule has 2 amide bonds. The largest absolute Gasteiger partial charge is 0.485 e. The summed E-state index contributed by atoms with van der Waals surface area (Å²) < 4.78 is 16.5. The number of para-hydroxylation sites is 2. The van der Waals surface area contributed by atoms with Crippen molar-refractivity contribution in [2.75, 3.05) is 32.8 Å². The minimum absolute atomic E-state index is 0.107. The summed E-state index contributed by atoms with van der Waals surface area (Å²) in [5.41, 5.74) is 1.10. The van der Waals surface area contributed by atoms with E-state index in [2.05, 4.69) is 5.16 Å². The number of carbonyl (C=O) groups is 2. The molecular weight excluding hydrogens is 350 g/mol. The van der Waals surface area contributed by atoms with Crippen LogP contribution < -0.4 is 9.47 Å². The number of fused-ring (bicyclic) bond motifs is 1. The van der Waals surface area contributed by atoms with Crippen molar-refractivity contribution in [2.45, 2.75) is 20.0 Å². The molecule has 0 saturated carbocycles. The van der Waals surface area contributed by atoms with E-state index in [0.717, 1.165) is 0 Å². The number of carbonyl (C=O) groups excluding carboxylic acids is 2. The number of benzene rings is 1. The van der Waals surface area contributed by atoms with Crippen LogP contribution in [0.2, 0.25) is 0 Å². The van der Waals surface area contributed by atoms with E-state index in [-0.39, 0.29) is 18.4 Å². The normalized spacial score (nSPS) is 19.1. The molecule has 0 radical (unpaired) electrons. The van der Waals surface area contributed by atoms with E-state index in [9.17, 15) is 9.59 Å². The molecule has 1 fully saturated rings. The monoisotopic (exact) mass is 371 g/mol. The van der Waals surface area contributed by atoms with Gasteiger partial charge in [-0.25, -0.2) is 0 Å². The molecule has 0 N–H and O–H groups in total. The van der Waals surface area contributed by atoms with Crippen LogP contribution in [0.5, 0.6) is 11.5 Å². The maximum absolute atomic E-state index is 12.8. The van der Waals surface area contributed by atoms with Gasteiger partial charge >= 0.3 is 0 Å². The van der Waals surface area contributed by atoms with Gasteiger partial charge in [0, 0.05) is 26.2 Å². The molecule has 8 nitrogen and oxygen atoms in total. The van der Waals surface area contributed by atoms with E-state index in [1.54, 1.807) is 29.7 Å². The maximum Gasteiger partial charge on any atom is 0.267 e. The van der Waals surface area contributed by atoms with Gasteiger partial charge in [-0.1, -0.05) is 17.3 Å². The number of hydrogen-bond donors (Lipinski definition) is 0. The second-order valence-electron chi connectivity index (χ2n) is 6.68. The highest BCUT2D eigenvalue weighted by atomic mass is 16.6. The Morgan fingerprint density at radius 2 is 1.70 bits per heavy atom. The molecular formula is C19H21N3O5. The zero-order valence-electron chi connectivity index (χ0n) is 15.3. The Morgan fingerprint density at radius 3 is 2.37 bits per heavy atom. The fourth-order valence-corrected chi connectivity index (χ4v) is 3.42. The van der Waals surface area contributed by atoms with Crippen molar-refractivity contribution >= 4 is 11.8 Å². The number of rotatable bonds is 2. The average molecular weight is 371 g/mol. The van der Waals surface area contributed by atoms with Gasteiger partial charge in [0.2, 0.25) is 6.10 Å². The lowest BCUT2D eigenvalue weighted by atomic mass is 10.1. The van der Waals surface area contributed by atoms with Crippen LogP contribution in [-0.2, 0) is 4.79 Å². The SMILES string of the molecule is Cc1noc(C)c1C(=O)N1CCN(C(=O)C2COc3ccccc3O2)CC1. The van der Waals surface area contributed by atoms with E-state index in [1.165, 1.54) is 0 Å². The number of piperazine rings is 1. The van der Waals surface area contributed by atoms with Gasteiger partial charge in [0.15, 0.2) is 11.5 Å². The fraction of sp³-hybridized carbons (Fsp3) is 0.421. The van der Waals surface area contributed by atoms with Crippen LogP contribution in [0.25, 0.3) is 0 Å². The summed E-state index contributed by atoms with van der Waals surface area (Å²) >= 11 is 0. The zero-order valence-corrected chi connectivity index (χ0v) is 15.3. The summed E-state index contributed by atoms with van der Waals surface area (Å²) in [5, 5.41) is 3.84. The summed E-state index contributed by atoms with van der Waals surface area (Å²) in [6.07, 6.45) is -0.662. The molecule has 4 rings (SSSR count). The molecule has 2 aliphatic rings. The van der Waals surface area contributed by atoms with Crippen LogP contribution in [0, 0.1) is 13.8 Å². The molecule has 3 heterocycles. The number of hydrogen-bond acceptors (Lipinski definition) is 6. The van der Waals surface area contributed by atoms with Crippen molar-refractivity contribution in [1.82, 2.24) is 15.0 Å². The van der Waals surface area contributed by atoms with Crippen LogP contribution in [0.3, 0.4) is 0 Å². The Hall–Kier alpha value is -3.03. The van der Waals surface area contributed by atoms with E-state index >= 15 is 0 Å². The summed E-state index contributed by atoms with van der Waals surface area (Å²) in [6.45, 7) is 5.49.